The van der Waals surface area contributed by atoms with Gasteiger partial charge in [0.1, 0.15) is 0 Å². The third kappa shape index (κ3) is 3.05. The molecule has 0 unspecified atom stereocenters. The summed E-state index contributed by atoms with van der Waals surface area (Å²) < 4.78 is 40.3. The second-order valence-electron chi connectivity index (χ2n) is 6.04. The van der Waals surface area contributed by atoms with E-state index in [0.29, 0.717) is 23.1 Å². The molecule has 130 valence electrons. The molecule has 0 aliphatic carbocycles. The maximum absolute atomic E-state index is 12.8. The zero-order valence-corrected chi connectivity index (χ0v) is 14.2. The first-order chi connectivity index (χ1) is 11.1. The van der Waals surface area contributed by atoms with Crippen molar-refractivity contribution in [2.24, 2.45) is 5.73 Å². The Balaban J connectivity index is 2.73. The van der Waals surface area contributed by atoms with Gasteiger partial charge in [-0.2, -0.15) is 13.2 Å². The molecule has 0 radical (unpaired) electrons. The van der Waals surface area contributed by atoms with Crippen LogP contribution in [0.5, 0.6) is 0 Å². The number of halogens is 3. The number of hydrogen-bond acceptors (Lipinski definition) is 1. The summed E-state index contributed by atoms with van der Waals surface area (Å²) in [6.45, 7) is 7.75. The van der Waals surface area contributed by atoms with Crippen LogP contribution in [0.2, 0.25) is 0 Å². The minimum Gasteiger partial charge on any atom is -0.366 e. The largest absolute Gasteiger partial charge is 0.416 e. The smallest absolute Gasteiger partial charge is 0.366 e. The summed E-state index contributed by atoms with van der Waals surface area (Å²) in [6.07, 6.45) is -3.75. The highest BCUT2D eigenvalue weighted by Gasteiger charge is 2.31. The minimum absolute atomic E-state index is 0.112. The lowest BCUT2D eigenvalue weighted by Gasteiger charge is -2.15. The predicted octanol–water partition coefficient (Wildman–Crippen LogP) is 4.72. The number of amides is 1. The van der Waals surface area contributed by atoms with Gasteiger partial charge in [0, 0.05) is 23.0 Å². The molecule has 0 fully saturated rings. The summed E-state index contributed by atoms with van der Waals surface area (Å²) in [6, 6.07) is 4.96. The summed E-state index contributed by atoms with van der Waals surface area (Å²) in [4.78, 5) is 12.0. The lowest BCUT2D eigenvalue weighted by molar-refractivity contribution is -0.137. The second-order valence-corrected chi connectivity index (χ2v) is 6.04. The summed E-state index contributed by atoms with van der Waals surface area (Å²) in [5.41, 5.74) is 8.05. The average molecular weight is 338 g/mol. The molecule has 0 atom stereocenters. The third-order valence-corrected chi connectivity index (χ3v) is 4.15. The van der Waals surface area contributed by atoms with E-state index in [4.69, 9.17) is 5.73 Å². The lowest BCUT2D eigenvalue weighted by atomic mass is 9.97. The summed E-state index contributed by atoms with van der Waals surface area (Å²) >= 11 is 0. The van der Waals surface area contributed by atoms with E-state index in [2.05, 4.69) is 0 Å². The van der Waals surface area contributed by atoms with Crippen molar-refractivity contribution in [2.45, 2.75) is 46.3 Å². The molecule has 1 aromatic heterocycles. The number of benzene rings is 1. The fourth-order valence-corrected chi connectivity index (χ4v) is 3.25. The SMILES string of the molecule is CCc1c(-c2ccc(C(F)(F)F)cc2)c(C(N)=O)c(C)n1C(C)C. The fraction of sp³-hybridized carbons (Fsp3) is 0.389. The summed E-state index contributed by atoms with van der Waals surface area (Å²) in [5, 5.41) is 0. The van der Waals surface area contributed by atoms with Crippen LogP contribution in [0.25, 0.3) is 11.1 Å². The van der Waals surface area contributed by atoms with Gasteiger partial charge in [-0.15, -0.1) is 0 Å². The maximum atomic E-state index is 12.8. The Morgan fingerprint density at radius 2 is 1.75 bits per heavy atom. The highest BCUT2D eigenvalue weighted by molar-refractivity contribution is 6.02. The fourth-order valence-electron chi connectivity index (χ4n) is 3.25. The van der Waals surface area contributed by atoms with Crippen molar-refractivity contribution in [3.05, 3.63) is 46.8 Å². The van der Waals surface area contributed by atoms with E-state index < -0.39 is 17.6 Å². The van der Waals surface area contributed by atoms with Crippen molar-refractivity contribution in [1.82, 2.24) is 4.57 Å². The van der Waals surface area contributed by atoms with Crippen LogP contribution in [0.4, 0.5) is 13.2 Å². The first-order valence-electron chi connectivity index (χ1n) is 7.80. The van der Waals surface area contributed by atoms with Crippen LogP contribution >= 0.6 is 0 Å². The summed E-state index contributed by atoms with van der Waals surface area (Å²) in [7, 11) is 0. The molecule has 2 N–H and O–H groups in total. The molecule has 0 spiro atoms. The Bertz CT molecular complexity index is 756. The quantitative estimate of drug-likeness (QED) is 0.861. The van der Waals surface area contributed by atoms with Gasteiger partial charge < -0.3 is 10.3 Å². The molecule has 6 heteroatoms. The number of rotatable bonds is 4. The van der Waals surface area contributed by atoms with Crippen LogP contribution in [0.15, 0.2) is 24.3 Å². The van der Waals surface area contributed by atoms with E-state index >= 15 is 0 Å². The topological polar surface area (TPSA) is 48.0 Å². The molecule has 0 saturated heterocycles. The van der Waals surface area contributed by atoms with Gasteiger partial charge in [-0.1, -0.05) is 19.1 Å². The molecule has 0 bridgehead atoms. The molecule has 1 amide bonds. The van der Waals surface area contributed by atoms with Crippen LogP contribution in [-0.4, -0.2) is 10.5 Å². The molecule has 0 aliphatic heterocycles. The van der Waals surface area contributed by atoms with Crippen LogP contribution < -0.4 is 5.73 Å². The molecule has 0 aliphatic rings. The van der Waals surface area contributed by atoms with Crippen molar-refractivity contribution in [3.63, 3.8) is 0 Å². The van der Waals surface area contributed by atoms with Crippen molar-refractivity contribution in [2.75, 3.05) is 0 Å². The Morgan fingerprint density at radius 1 is 1.21 bits per heavy atom. The predicted molar refractivity (Wildman–Crippen MR) is 87.9 cm³/mol. The molecule has 1 heterocycles. The number of primary amides is 1. The van der Waals surface area contributed by atoms with E-state index in [0.717, 1.165) is 23.5 Å². The first-order valence-corrected chi connectivity index (χ1v) is 7.80. The van der Waals surface area contributed by atoms with Gasteiger partial charge in [-0.3, -0.25) is 4.79 Å². The molecule has 3 nitrogen and oxygen atoms in total. The Labute approximate surface area is 139 Å². The number of carbonyl (C=O) groups excluding carboxylic acids is 1. The Morgan fingerprint density at radius 3 is 2.12 bits per heavy atom. The number of alkyl halides is 3. The van der Waals surface area contributed by atoms with E-state index in [1.807, 2.05) is 32.3 Å². The van der Waals surface area contributed by atoms with E-state index in [1.165, 1.54) is 12.1 Å². The first kappa shape index (κ1) is 18.1. The number of hydrogen-bond donors (Lipinski definition) is 1. The van der Waals surface area contributed by atoms with Crippen LogP contribution in [0, 0.1) is 6.92 Å². The number of nitrogens with two attached hydrogens (primary N) is 1. The number of aromatic nitrogens is 1. The van der Waals surface area contributed by atoms with E-state index in [-0.39, 0.29) is 6.04 Å². The monoisotopic (exact) mass is 338 g/mol. The molecule has 24 heavy (non-hydrogen) atoms. The van der Waals surface area contributed by atoms with E-state index in [1.54, 1.807) is 0 Å². The maximum Gasteiger partial charge on any atom is 0.416 e. The Hall–Kier alpha value is -2.24. The number of carbonyl (C=O) groups is 1. The lowest BCUT2D eigenvalue weighted by Crippen LogP contribution is -2.14. The Kier molecular flexibility index (Phi) is 4.78. The van der Waals surface area contributed by atoms with Crippen LogP contribution in [-0.2, 0) is 12.6 Å². The van der Waals surface area contributed by atoms with Crippen molar-refractivity contribution in [3.8, 4) is 11.1 Å². The van der Waals surface area contributed by atoms with Crippen LogP contribution in [0.1, 0.15) is 54.1 Å². The van der Waals surface area contributed by atoms with Gasteiger partial charge in [0.25, 0.3) is 5.91 Å². The molecule has 1 aromatic carbocycles. The van der Waals surface area contributed by atoms with Gasteiger partial charge in [-0.05, 0) is 44.9 Å². The third-order valence-electron chi connectivity index (χ3n) is 4.15. The molecular weight excluding hydrogens is 317 g/mol. The van der Waals surface area contributed by atoms with Crippen molar-refractivity contribution in [1.29, 1.82) is 0 Å². The van der Waals surface area contributed by atoms with Gasteiger partial charge in [0.2, 0.25) is 0 Å². The zero-order chi connectivity index (χ0) is 18.2. The highest BCUT2D eigenvalue weighted by atomic mass is 19.4. The standard InChI is InChI=1S/C18H21F3N2O/c1-5-14-16(12-6-8-13(9-7-12)18(19,20)21)15(17(22)24)11(4)23(14)10(2)3/h6-10H,5H2,1-4H3,(H2,22,24). The summed E-state index contributed by atoms with van der Waals surface area (Å²) in [5.74, 6) is -0.573. The number of nitrogens with zero attached hydrogens (tertiary/aromatic N) is 1. The zero-order valence-electron chi connectivity index (χ0n) is 14.2. The van der Waals surface area contributed by atoms with E-state index in [9.17, 15) is 18.0 Å². The van der Waals surface area contributed by atoms with Crippen molar-refractivity contribution >= 4 is 5.91 Å². The highest BCUT2D eigenvalue weighted by Crippen LogP contribution is 2.37. The average Bonchev–Trinajstić information content (AvgIpc) is 2.79. The normalized spacial score (nSPS) is 12.0. The van der Waals surface area contributed by atoms with Gasteiger partial charge in [0.05, 0.1) is 11.1 Å². The van der Waals surface area contributed by atoms with Crippen LogP contribution in [0.3, 0.4) is 0 Å². The molecular formula is C18H21F3N2O. The second kappa shape index (κ2) is 6.34. The molecule has 2 aromatic rings. The van der Waals surface area contributed by atoms with Crippen molar-refractivity contribution < 1.29 is 18.0 Å². The molecule has 2 rings (SSSR count). The van der Waals surface area contributed by atoms with Gasteiger partial charge >= 0.3 is 6.18 Å². The molecule has 0 saturated carbocycles. The van der Waals surface area contributed by atoms with Gasteiger partial charge in [-0.25, -0.2) is 0 Å². The van der Waals surface area contributed by atoms with Gasteiger partial charge in [0.15, 0.2) is 0 Å². The minimum atomic E-state index is -4.39.